The molecule has 0 atom stereocenters. The molecular formula is C16H20Cl2N2O2. The predicted molar refractivity (Wildman–Crippen MR) is 89.4 cm³/mol. The fourth-order valence-corrected chi connectivity index (χ4v) is 2.38. The van der Waals surface area contributed by atoms with E-state index in [2.05, 4.69) is 23.9 Å². The molecule has 120 valence electrons. The molecule has 0 fully saturated rings. The van der Waals surface area contributed by atoms with Gasteiger partial charge in [-0.2, -0.15) is 0 Å². The molecule has 6 heteroatoms. The predicted octanol–water partition coefficient (Wildman–Crippen LogP) is 4.51. The quantitative estimate of drug-likeness (QED) is 0.661. The van der Waals surface area contributed by atoms with Crippen molar-refractivity contribution in [2.45, 2.75) is 20.5 Å². The van der Waals surface area contributed by atoms with E-state index < -0.39 is 0 Å². The van der Waals surface area contributed by atoms with E-state index in [-0.39, 0.29) is 0 Å². The van der Waals surface area contributed by atoms with Crippen LogP contribution in [-0.2, 0) is 11.3 Å². The smallest absolute Gasteiger partial charge is 0.163 e. The molecule has 2 aromatic rings. The van der Waals surface area contributed by atoms with Crippen LogP contribution in [0.5, 0.6) is 0 Å². The van der Waals surface area contributed by atoms with Gasteiger partial charge in [0.25, 0.3) is 0 Å². The van der Waals surface area contributed by atoms with Crippen LogP contribution in [0.1, 0.15) is 19.6 Å². The summed E-state index contributed by atoms with van der Waals surface area (Å²) in [5.74, 6) is 0.695. The van der Waals surface area contributed by atoms with Crippen molar-refractivity contribution in [2.75, 3.05) is 26.2 Å². The summed E-state index contributed by atoms with van der Waals surface area (Å²) in [6, 6.07) is 7.23. The molecular weight excluding hydrogens is 323 g/mol. The highest BCUT2D eigenvalue weighted by Gasteiger charge is 2.09. The molecule has 0 unspecified atom stereocenters. The molecule has 0 saturated heterocycles. The Labute approximate surface area is 140 Å². The number of nitrogens with zero attached hydrogens (tertiary/aromatic N) is 2. The minimum Gasteiger partial charge on any atom is -0.372 e. The van der Waals surface area contributed by atoms with Crippen molar-refractivity contribution >= 4 is 23.2 Å². The number of hydrogen-bond acceptors (Lipinski definition) is 4. The zero-order valence-corrected chi connectivity index (χ0v) is 14.3. The number of halogens is 2. The molecule has 1 aromatic heterocycles. The zero-order chi connectivity index (χ0) is 15.9. The van der Waals surface area contributed by atoms with Crippen LogP contribution < -0.4 is 0 Å². The number of likely N-dealkylation sites (N-methyl/N-ethyl adjacent to an activating group) is 1. The van der Waals surface area contributed by atoms with Gasteiger partial charge in [-0.1, -0.05) is 48.3 Å². The summed E-state index contributed by atoms with van der Waals surface area (Å²) in [6.07, 6.45) is 0. The Bertz CT molecular complexity index is 598. The van der Waals surface area contributed by atoms with Crippen LogP contribution >= 0.6 is 23.2 Å². The van der Waals surface area contributed by atoms with Crippen molar-refractivity contribution in [3.63, 3.8) is 0 Å². The monoisotopic (exact) mass is 342 g/mol. The number of rotatable bonds is 8. The molecule has 0 aliphatic heterocycles. The molecule has 22 heavy (non-hydrogen) atoms. The average molecular weight is 343 g/mol. The molecule has 0 spiro atoms. The summed E-state index contributed by atoms with van der Waals surface area (Å²) in [6.45, 7) is 8.35. The van der Waals surface area contributed by atoms with E-state index in [1.54, 1.807) is 12.1 Å². The van der Waals surface area contributed by atoms with E-state index in [9.17, 15) is 0 Å². The van der Waals surface area contributed by atoms with Crippen molar-refractivity contribution in [1.29, 1.82) is 0 Å². The van der Waals surface area contributed by atoms with Crippen LogP contribution in [0.15, 0.2) is 28.8 Å². The molecule has 0 bridgehead atoms. The second-order valence-electron chi connectivity index (χ2n) is 4.89. The van der Waals surface area contributed by atoms with Crippen molar-refractivity contribution in [3.05, 3.63) is 40.1 Å². The molecule has 1 heterocycles. The first-order valence-electron chi connectivity index (χ1n) is 7.35. The fraction of sp³-hybridized carbons (Fsp3) is 0.438. The molecule has 0 saturated carbocycles. The lowest BCUT2D eigenvalue weighted by molar-refractivity contribution is 0.0807. The first kappa shape index (κ1) is 17.3. The lowest BCUT2D eigenvalue weighted by Gasteiger charge is -2.17. The van der Waals surface area contributed by atoms with Gasteiger partial charge in [0.15, 0.2) is 5.76 Å². The minimum absolute atomic E-state index is 0.412. The van der Waals surface area contributed by atoms with E-state index in [4.69, 9.17) is 32.5 Å². The Kier molecular flexibility index (Phi) is 6.70. The van der Waals surface area contributed by atoms with E-state index in [0.717, 1.165) is 30.9 Å². The first-order chi connectivity index (χ1) is 10.6. The lowest BCUT2D eigenvalue weighted by Crippen LogP contribution is -2.26. The second-order valence-corrected chi connectivity index (χ2v) is 5.70. The number of aromatic nitrogens is 1. The summed E-state index contributed by atoms with van der Waals surface area (Å²) >= 11 is 11.9. The minimum atomic E-state index is 0.412. The van der Waals surface area contributed by atoms with Crippen LogP contribution in [0.25, 0.3) is 11.3 Å². The van der Waals surface area contributed by atoms with Crippen molar-refractivity contribution in [2.24, 2.45) is 0 Å². The third-order valence-electron chi connectivity index (χ3n) is 3.46. The van der Waals surface area contributed by atoms with Crippen molar-refractivity contribution in [3.8, 4) is 11.3 Å². The van der Waals surface area contributed by atoms with Gasteiger partial charge in [0.2, 0.25) is 0 Å². The number of hydrogen-bond donors (Lipinski definition) is 0. The number of ether oxygens (including phenoxy) is 1. The van der Waals surface area contributed by atoms with E-state index in [0.29, 0.717) is 29.0 Å². The third-order valence-corrected chi connectivity index (χ3v) is 4.20. The molecule has 0 aliphatic carbocycles. The highest BCUT2D eigenvalue weighted by atomic mass is 35.5. The first-order valence-corrected chi connectivity index (χ1v) is 8.10. The summed E-state index contributed by atoms with van der Waals surface area (Å²) in [4.78, 5) is 2.31. The summed E-state index contributed by atoms with van der Waals surface area (Å²) in [7, 11) is 0. The molecule has 2 rings (SSSR count). The van der Waals surface area contributed by atoms with Gasteiger partial charge in [0, 0.05) is 18.2 Å². The normalized spacial score (nSPS) is 11.3. The maximum Gasteiger partial charge on any atom is 0.163 e. The van der Waals surface area contributed by atoms with Crippen LogP contribution in [0.3, 0.4) is 0 Å². The van der Waals surface area contributed by atoms with Gasteiger partial charge in [-0.05, 0) is 25.2 Å². The molecule has 0 N–H and O–H groups in total. The van der Waals surface area contributed by atoms with Crippen LogP contribution in [0.4, 0.5) is 0 Å². The van der Waals surface area contributed by atoms with E-state index >= 15 is 0 Å². The largest absolute Gasteiger partial charge is 0.372 e. The maximum absolute atomic E-state index is 6.01. The highest BCUT2D eigenvalue weighted by molar-refractivity contribution is 6.42. The van der Waals surface area contributed by atoms with Gasteiger partial charge in [0.05, 0.1) is 16.7 Å². The van der Waals surface area contributed by atoms with Gasteiger partial charge in [-0.15, -0.1) is 0 Å². The Morgan fingerprint density at radius 1 is 1.14 bits per heavy atom. The van der Waals surface area contributed by atoms with Crippen LogP contribution in [-0.4, -0.2) is 36.3 Å². The molecule has 0 radical (unpaired) electrons. The Morgan fingerprint density at radius 2 is 1.91 bits per heavy atom. The SMILES string of the molecule is CCN(CC)CCOCc1cc(-c2ccc(Cl)c(Cl)c2)no1. The fourth-order valence-electron chi connectivity index (χ4n) is 2.08. The Balaban J connectivity index is 1.87. The maximum atomic E-state index is 6.01. The second kappa shape index (κ2) is 8.53. The van der Waals surface area contributed by atoms with E-state index in [1.165, 1.54) is 0 Å². The lowest BCUT2D eigenvalue weighted by atomic mass is 10.1. The van der Waals surface area contributed by atoms with Gasteiger partial charge in [0.1, 0.15) is 12.3 Å². The molecule has 4 nitrogen and oxygen atoms in total. The van der Waals surface area contributed by atoms with Crippen molar-refractivity contribution < 1.29 is 9.26 Å². The Hall–Kier alpha value is -1.07. The molecule has 0 aliphatic rings. The number of benzene rings is 1. The summed E-state index contributed by atoms with van der Waals surface area (Å²) in [5, 5.41) is 5.06. The summed E-state index contributed by atoms with van der Waals surface area (Å²) < 4.78 is 10.9. The summed E-state index contributed by atoms with van der Waals surface area (Å²) in [5.41, 5.74) is 1.59. The third kappa shape index (κ3) is 4.71. The molecule has 0 amide bonds. The standard InChI is InChI=1S/C16H20Cl2N2O2/c1-3-20(4-2)7-8-21-11-13-10-16(19-22-13)12-5-6-14(17)15(18)9-12/h5-6,9-10H,3-4,7-8,11H2,1-2H3. The van der Waals surface area contributed by atoms with Gasteiger partial charge >= 0.3 is 0 Å². The average Bonchev–Trinajstić information content (AvgIpc) is 2.99. The van der Waals surface area contributed by atoms with Crippen molar-refractivity contribution in [1.82, 2.24) is 10.1 Å². The van der Waals surface area contributed by atoms with Gasteiger partial charge < -0.3 is 14.2 Å². The van der Waals surface area contributed by atoms with Gasteiger partial charge in [-0.3, -0.25) is 0 Å². The van der Waals surface area contributed by atoms with E-state index in [1.807, 2.05) is 12.1 Å². The Morgan fingerprint density at radius 3 is 2.59 bits per heavy atom. The van der Waals surface area contributed by atoms with Crippen LogP contribution in [0, 0.1) is 0 Å². The topological polar surface area (TPSA) is 38.5 Å². The van der Waals surface area contributed by atoms with Crippen LogP contribution in [0.2, 0.25) is 10.0 Å². The zero-order valence-electron chi connectivity index (χ0n) is 12.8. The van der Waals surface area contributed by atoms with Gasteiger partial charge in [-0.25, -0.2) is 0 Å². The highest BCUT2D eigenvalue weighted by Crippen LogP contribution is 2.28. The molecule has 1 aromatic carbocycles.